The molecule has 0 aliphatic carbocycles. The highest BCUT2D eigenvalue weighted by Crippen LogP contribution is 2.27. The predicted octanol–water partition coefficient (Wildman–Crippen LogP) is 4.77. The molecule has 2 aromatic carbocycles. The summed E-state index contributed by atoms with van der Waals surface area (Å²) >= 11 is 0. The van der Waals surface area contributed by atoms with E-state index in [1.807, 2.05) is 30.5 Å². The van der Waals surface area contributed by atoms with E-state index in [-0.39, 0.29) is 10.8 Å². The molecule has 120 valence electrons. The Hall–Kier alpha value is -2.81. The SMILES string of the molecule is CC(C)(C)c1cc2ccc(-n3ccc(=O)c4ccccc43)cc2[nH]1. The molecule has 3 nitrogen and oxygen atoms in total. The molecule has 0 fully saturated rings. The van der Waals surface area contributed by atoms with Crippen LogP contribution in [0.3, 0.4) is 0 Å². The zero-order valence-electron chi connectivity index (χ0n) is 14.1. The van der Waals surface area contributed by atoms with Gasteiger partial charge < -0.3 is 9.55 Å². The van der Waals surface area contributed by atoms with Gasteiger partial charge in [0.15, 0.2) is 5.43 Å². The van der Waals surface area contributed by atoms with E-state index in [1.165, 1.54) is 11.1 Å². The standard InChI is InChI=1S/C21H20N2O/c1-21(2,3)20-12-14-8-9-15(13-17(14)22-20)23-11-10-19(24)16-6-4-5-7-18(16)23/h4-13,22H,1-3H3. The second kappa shape index (κ2) is 5.10. The van der Waals surface area contributed by atoms with Gasteiger partial charge in [0, 0.05) is 40.0 Å². The van der Waals surface area contributed by atoms with E-state index in [2.05, 4.69) is 54.6 Å². The molecule has 0 amide bonds. The molecule has 0 aliphatic rings. The van der Waals surface area contributed by atoms with E-state index < -0.39 is 0 Å². The Bertz CT molecular complexity index is 1110. The third kappa shape index (κ3) is 2.33. The van der Waals surface area contributed by atoms with E-state index in [1.54, 1.807) is 6.07 Å². The van der Waals surface area contributed by atoms with E-state index in [9.17, 15) is 4.79 Å². The van der Waals surface area contributed by atoms with Gasteiger partial charge in [-0.2, -0.15) is 0 Å². The Morgan fingerprint density at radius 2 is 1.75 bits per heavy atom. The number of aromatic nitrogens is 2. The number of fused-ring (bicyclic) bond motifs is 2. The molecule has 0 saturated carbocycles. The second-order valence-electron chi connectivity index (χ2n) is 7.27. The highest BCUT2D eigenvalue weighted by Gasteiger charge is 2.16. The van der Waals surface area contributed by atoms with Gasteiger partial charge in [-0.15, -0.1) is 0 Å². The van der Waals surface area contributed by atoms with Crippen LogP contribution >= 0.6 is 0 Å². The number of hydrogen-bond acceptors (Lipinski definition) is 1. The summed E-state index contributed by atoms with van der Waals surface area (Å²) in [5, 5.41) is 1.94. The van der Waals surface area contributed by atoms with Crippen LogP contribution in [0.5, 0.6) is 0 Å². The minimum Gasteiger partial charge on any atom is -0.358 e. The Morgan fingerprint density at radius 1 is 0.958 bits per heavy atom. The first-order valence-corrected chi connectivity index (χ1v) is 8.17. The molecule has 0 atom stereocenters. The van der Waals surface area contributed by atoms with Gasteiger partial charge in [-0.3, -0.25) is 4.79 Å². The van der Waals surface area contributed by atoms with Crippen LogP contribution in [-0.4, -0.2) is 9.55 Å². The van der Waals surface area contributed by atoms with Gasteiger partial charge in [-0.1, -0.05) is 39.0 Å². The topological polar surface area (TPSA) is 37.8 Å². The van der Waals surface area contributed by atoms with Crippen LogP contribution in [-0.2, 0) is 5.41 Å². The Balaban J connectivity index is 1.94. The van der Waals surface area contributed by atoms with Crippen molar-refractivity contribution in [2.75, 3.05) is 0 Å². The van der Waals surface area contributed by atoms with Crippen molar-refractivity contribution in [1.82, 2.24) is 9.55 Å². The lowest BCUT2D eigenvalue weighted by atomic mass is 9.92. The molecular formula is C21H20N2O. The first kappa shape index (κ1) is 14.8. The van der Waals surface area contributed by atoms with Crippen LogP contribution in [0.25, 0.3) is 27.5 Å². The molecule has 2 heterocycles. The average Bonchev–Trinajstić information content (AvgIpc) is 2.99. The molecule has 24 heavy (non-hydrogen) atoms. The smallest absolute Gasteiger partial charge is 0.189 e. The number of nitrogens with zero attached hydrogens (tertiary/aromatic N) is 1. The quantitative estimate of drug-likeness (QED) is 0.539. The number of pyridine rings is 1. The Kier molecular flexibility index (Phi) is 3.14. The van der Waals surface area contributed by atoms with Gasteiger partial charge in [0.2, 0.25) is 0 Å². The molecule has 1 N–H and O–H groups in total. The van der Waals surface area contributed by atoms with Crippen LogP contribution in [0.15, 0.2) is 65.6 Å². The lowest BCUT2D eigenvalue weighted by Gasteiger charge is -2.15. The summed E-state index contributed by atoms with van der Waals surface area (Å²) < 4.78 is 2.06. The fraction of sp³-hybridized carbons (Fsp3) is 0.190. The third-order valence-electron chi connectivity index (χ3n) is 4.50. The number of para-hydroxylation sites is 1. The van der Waals surface area contributed by atoms with Gasteiger partial charge in [0.05, 0.1) is 5.52 Å². The van der Waals surface area contributed by atoms with Gasteiger partial charge in [-0.25, -0.2) is 0 Å². The lowest BCUT2D eigenvalue weighted by molar-refractivity contribution is 0.574. The summed E-state index contributed by atoms with van der Waals surface area (Å²) in [4.78, 5) is 15.6. The summed E-state index contributed by atoms with van der Waals surface area (Å²) in [7, 11) is 0. The monoisotopic (exact) mass is 316 g/mol. The number of H-pyrrole nitrogens is 1. The Morgan fingerprint density at radius 3 is 2.54 bits per heavy atom. The molecule has 0 bridgehead atoms. The van der Waals surface area contributed by atoms with Crippen LogP contribution in [0.2, 0.25) is 0 Å². The number of rotatable bonds is 1. The molecule has 0 unspecified atom stereocenters. The van der Waals surface area contributed by atoms with Gasteiger partial charge in [0.25, 0.3) is 0 Å². The molecule has 0 aliphatic heterocycles. The van der Waals surface area contributed by atoms with Crippen LogP contribution in [0.4, 0.5) is 0 Å². The third-order valence-corrected chi connectivity index (χ3v) is 4.50. The largest absolute Gasteiger partial charge is 0.358 e. The molecular weight excluding hydrogens is 296 g/mol. The highest BCUT2D eigenvalue weighted by molar-refractivity contribution is 5.85. The summed E-state index contributed by atoms with van der Waals surface area (Å²) in [5.41, 5.74) is 4.44. The maximum atomic E-state index is 12.1. The predicted molar refractivity (Wildman–Crippen MR) is 100 cm³/mol. The van der Waals surface area contributed by atoms with Crippen LogP contribution in [0.1, 0.15) is 26.5 Å². The van der Waals surface area contributed by atoms with Crippen molar-refractivity contribution in [3.05, 3.63) is 76.7 Å². The number of nitrogens with one attached hydrogen (secondary N) is 1. The van der Waals surface area contributed by atoms with Gasteiger partial charge in [-0.05, 0) is 35.7 Å². The molecule has 0 saturated heterocycles. The van der Waals surface area contributed by atoms with Crippen LogP contribution < -0.4 is 5.43 Å². The highest BCUT2D eigenvalue weighted by atomic mass is 16.1. The minimum atomic E-state index is 0.0535. The lowest BCUT2D eigenvalue weighted by Crippen LogP contribution is -2.10. The van der Waals surface area contributed by atoms with Gasteiger partial charge >= 0.3 is 0 Å². The molecule has 3 heteroatoms. The van der Waals surface area contributed by atoms with Gasteiger partial charge in [0.1, 0.15) is 0 Å². The summed E-state index contributed by atoms with van der Waals surface area (Å²) in [6.45, 7) is 6.61. The van der Waals surface area contributed by atoms with E-state index in [4.69, 9.17) is 0 Å². The van der Waals surface area contributed by atoms with Crippen molar-refractivity contribution >= 4 is 21.8 Å². The zero-order valence-corrected chi connectivity index (χ0v) is 14.1. The van der Waals surface area contributed by atoms with Crippen molar-refractivity contribution in [3.8, 4) is 5.69 Å². The molecule has 0 radical (unpaired) electrons. The zero-order chi connectivity index (χ0) is 16.9. The molecule has 4 rings (SSSR count). The van der Waals surface area contributed by atoms with E-state index >= 15 is 0 Å². The van der Waals surface area contributed by atoms with Crippen LogP contribution in [0, 0.1) is 0 Å². The number of benzene rings is 2. The summed E-state index contributed by atoms with van der Waals surface area (Å²) in [6.07, 6.45) is 1.85. The first-order valence-electron chi connectivity index (χ1n) is 8.17. The molecule has 2 aromatic heterocycles. The van der Waals surface area contributed by atoms with Crippen molar-refractivity contribution in [2.24, 2.45) is 0 Å². The maximum absolute atomic E-state index is 12.1. The number of hydrogen-bond donors (Lipinski definition) is 1. The number of aromatic amines is 1. The minimum absolute atomic E-state index is 0.0535. The van der Waals surface area contributed by atoms with E-state index in [0.717, 1.165) is 22.1 Å². The maximum Gasteiger partial charge on any atom is 0.189 e. The van der Waals surface area contributed by atoms with Crippen molar-refractivity contribution in [1.29, 1.82) is 0 Å². The second-order valence-corrected chi connectivity index (χ2v) is 7.27. The normalized spacial score (nSPS) is 12.1. The average molecular weight is 316 g/mol. The van der Waals surface area contributed by atoms with Crippen molar-refractivity contribution < 1.29 is 0 Å². The molecule has 4 aromatic rings. The first-order chi connectivity index (χ1) is 11.4. The fourth-order valence-corrected chi connectivity index (χ4v) is 3.10. The fourth-order valence-electron chi connectivity index (χ4n) is 3.10. The van der Waals surface area contributed by atoms with Crippen molar-refractivity contribution in [2.45, 2.75) is 26.2 Å². The summed E-state index contributed by atoms with van der Waals surface area (Å²) in [5.74, 6) is 0. The van der Waals surface area contributed by atoms with E-state index in [0.29, 0.717) is 0 Å². The van der Waals surface area contributed by atoms with Crippen molar-refractivity contribution in [3.63, 3.8) is 0 Å². The molecule has 0 spiro atoms. The Labute approximate surface area is 140 Å². The summed E-state index contributed by atoms with van der Waals surface area (Å²) in [6, 6.07) is 17.9.